The molecular formula is C21H25ClN2O5S. The van der Waals surface area contributed by atoms with Crippen LogP contribution >= 0.6 is 22.9 Å². The summed E-state index contributed by atoms with van der Waals surface area (Å²) in [7, 11) is 0. The second-order valence-corrected chi connectivity index (χ2v) is 9.27. The number of fused-ring (bicyclic) bond motifs is 1. The summed E-state index contributed by atoms with van der Waals surface area (Å²) in [5.74, 6) is -0.726. The van der Waals surface area contributed by atoms with Crippen LogP contribution in [0.4, 0.5) is 4.79 Å². The Morgan fingerprint density at radius 3 is 2.87 bits per heavy atom. The minimum Gasteiger partial charge on any atom is -0.482 e. The highest BCUT2D eigenvalue weighted by molar-refractivity contribution is 7.09. The Kier molecular flexibility index (Phi) is 6.88. The molecule has 3 rings (SSSR count). The van der Waals surface area contributed by atoms with Crippen LogP contribution in [0, 0.1) is 5.41 Å². The van der Waals surface area contributed by atoms with Gasteiger partial charge in [0.1, 0.15) is 11.8 Å². The average Bonchev–Trinajstić information content (AvgIpc) is 3.19. The fourth-order valence-corrected chi connectivity index (χ4v) is 4.29. The van der Waals surface area contributed by atoms with E-state index < -0.39 is 24.7 Å². The third-order valence-corrected chi connectivity index (χ3v) is 6.38. The van der Waals surface area contributed by atoms with Gasteiger partial charge in [-0.2, -0.15) is 0 Å². The van der Waals surface area contributed by atoms with E-state index in [4.69, 9.17) is 26.2 Å². The number of aliphatic carboxylic acids is 1. The van der Waals surface area contributed by atoms with Gasteiger partial charge in [-0.25, -0.2) is 14.6 Å². The van der Waals surface area contributed by atoms with Crippen LogP contribution in [0.3, 0.4) is 0 Å². The molecule has 0 fully saturated rings. The van der Waals surface area contributed by atoms with Gasteiger partial charge in [0.15, 0.2) is 6.61 Å². The summed E-state index contributed by atoms with van der Waals surface area (Å²) >= 11 is 7.69. The smallest absolute Gasteiger partial charge is 0.410 e. The Bertz CT molecular complexity index is 930. The van der Waals surface area contributed by atoms with Crippen LogP contribution in [0.2, 0.25) is 5.02 Å². The number of carboxylic acid groups (broad SMARTS) is 1. The summed E-state index contributed by atoms with van der Waals surface area (Å²) in [4.78, 5) is 31.0. The number of aromatic nitrogens is 1. The lowest BCUT2D eigenvalue weighted by atomic mass is 9.92. The summed E-state index contributed by atoms with van der Waals surface area (Å²) < 4.78 is 11.2. The molecule has 2 heterocycles. The quantitative estimate of drug-likeness (QED) is 0.650. The van der Waals surface area contributed by atoms with Gasteiger partial charge in [-0.05, 0) is 30.0 Å². The summed E-state index contributed by atoms with van der Waals surface area (Å²) in [5, 5.41) is 9.48. The minimum atomic E-state index is -1.09. The van der Waals surface area contributed by atoms with Crippen LogP contribution in [-0.4, -0.2) is 46.8 Å². The predicted molar refractivity (Wildman–Crippen MR) is 114 cm³/mol. The van der Waals surface area contributed by atoms with E-state index in [0.717, 1.165) is 17.0 Å². The summed E-state index contributed by atoms with van der Waals surface area (Å²) in [6.45, 7) is 6.38. The molecule has 1 amide bonds. The first-order valence-electron chi connectivity index (χ1n) is 9.71. The fraction of sp³-hybridized carbons (Fsp3) is 0.476. The van der Waals surface area contributed by atoms with E-state index in [9.17, 15) is 9.59 Å². The number of ether oxygens (including phenoxy) is 2. The van der Waals surface area contributed by atoms with Crippen LogP contribution in [-0.2, 0) is 16.0 Å². The average molecular weight is 453 g/mol. The Morgan fingerprint density at radius 2 is 2.17 bits per heavy atom. The largest absolute Gasteiger partial charge is 0.482 e. The maximum atomic E-state index is 13.1. The van der Waals surface area contributed by atoms with Crippen LogP contribution in [0.15, 0.2) is 23.7 Å². The number of benzene rings is 1. The third kappa shape index (κ3) is 5.05. The van der Waals surface area contributed by atoms with E-state index in [0.29, 0.717) is 35.9 Å². The molecular weight excluding hydrogens is 428 g/mol. The van der Waals surface area contributed by atoms with Gasteiger partial charge in [-0.15, -0.1) is 11.3 Å². The van der Waals surface area contributed by atoms with Crippen LogP contribution < -0.4 is 4.74 Å². The number of nitrogens with zero attached hydrogens (tertiary/aromatic N) is 2. The highest BCUT2D eigenvalue weighted by atomic mass is 35.5. The highest BCUT2D eigenvalue weighted by Crippen LogP contribution is 2.42. The molecule has 0 unspecified atom stereocenters. The molecule has 0 radical (unpaired) electrons. The van der Waals surface area contributed by atoms with E-state index in [2.05, 4.69) is 11.9 Å². The number of hydrogen-bond acceptors (Lipinski definition) is 6. The zero-order chi connectivity index (χ0) is 21.9. The second-order valence-electron chi connectivity index (χ2n) is 7.95. The first-order valence-corrected chi connectivity index (χ1v) is 11.0. The summed E-state index contributed by atoms with van der Waals surface area (Å²) in [6, 6.07) is 4.44. The van der Waals surface area contributed by atoms with Crippen LogP contribution in [0.25, 0.3) is 0 Å². The number of carbonyl (C=O) groups is 2. The fourth-order valence-electron chi connectivity index (χ4n) is 3.14. The molecule has 0 bridgehead atoms. The normalized spacial score (nSPS) is 16.1. The predicted octanol–water partition coefficient (Wildman–Crippen LogP) is 4.78. The van der Waals surface area contributed by atoms with E-state index in [1.807, 2.05) is 13.8 Å². The van der Waals surface area contributed by atoms with Crippen LogP contribution in [0.1, 0.15) is 49.4 Å². The molecule has 1 aromatic heterocycles. The van der Waals surface area contributed by atoms with Crippen molar-refractivity contribution in [2.75, 3.05) is 19.8 Å². The third-order valence-electron chi connectivity index (χ3n) is 5.22. The zero-order valence-corrected chi connectivity index (χ0v) is 18.8. The Morgan fingerprint density at radius 1 is 1.40 bits per heavy atom. The van der Waals surface area contributed by atoms with Crippen molar-refractivity contribution in [3.63, 3.8) is 0 Å². The number of rotatable bonds is 7. The molecule has 9 heteroatoms. The number of hydrogen-bond donors (Lipinski definition) is 1. The van der Waals surface area contributed by atoms with Gasteiger partial charge >= 0.3 is 12.1 Å². The molecule has 0 saturated heterocycles. The van der Waals surface area contributed by atoms with Gasteiger partial charge in [0.05, 0.1) is 22.7 Å². The van der Waals surface area contributed by atoms with Crippen molar-refractivity contribution in [1.29, 1.82) is 0 Å². The minimum absolute atomic E-state index is 0.123. The maximum Gasteiger partial charge on any atom is 0.410 e. The Balaban J connectivity index is 1.97. The number of amides is 1. The number of carboxylic acids is 1. The maximum absolute atomic E-state index is 13.1. The molecule has 30 heavy (non-hydrogen) atoms. The highest BCUT2D eigenvalue weighted by Gasteiger charge is 2.37. The second kappa shape index (κ2) is 9.22. The van der Waals surface area contributed by atoms with Crippen molar-refractivity contribution >= 4 is 35.0 Å². The zero-order valence-electron chi connectivity index (χ0n) is 17.2. The lowest BCUT2D eigenvalue weighted by molar-refractivity contribution is -0.139. The van der Waals surface area contributed by atoms with E-state index >= 15 is 0 Å². The van der Waals surface area contributed by atoms with Gasteiger partial charge < -0.3 is 14.6 Å². The van der Waals surface area contributed by atoms with Crippen molar-refractivity contribution in [3.8, 4) is 5.75 Å². The first kappa shape index (κ1) is 22.4. The molecule has 1 aromatic carbocycles. The van der Waals surface area contributed by atoms with Gasteiger partial charge in [-0.3, -0.25) is 4.90 Å². The molecule has 0 aliphatic carbocycles. The lowest BCUT2D eigenvalue weighted by Gasteiger charge is -2.36. The number of halogens is 1. The molecule has 0 saturated carbocycles. The van der Waals surface area contributed by atoms with Gasteiger partial charge in [0.2, 0.25) is 0 Å². The van der Waals surface area contributed by atoms with Crippen molar-refractivity contribution < 1.29 is 24.2 Å². The van der Waals surface area contributed by atoms with Crippen molar-refractivity contribution in [3.05, 3.63) is 44.9 Å². The Labute approximate surface area is 184 Å². The first-order chi connectivity index (χ1) is 14.2. The lowest BCUT2D eigenvalue weighted by Crippen LogP contribution is -2.41. The van der Waals surface area contributed by atoms with Crippen molar-refractivity contribution in [1.82, 2.24) is 9.88 Å². The molecule has 7 nitrogen and oxygen atoms in total. The summed E-state index contributed by atoms with van der Waals surface area (Å²) in [5.41, 5.74) is 3.14. The van der Waals surface area contributed by atoms with E-state index in [-0.39, 0.29) is 5.41 Å². The van der Waals surface area contributed by atoms with Gasteiger partial charge in [0.25, 0.3) is 0 Å². The molecule has 0 spiro atoms. The molecule has 1 atom stereocenters. The van der Waals surface area contributed by atoms with E-state index in [1.165, 1.54) is 11.3 Å². The molecule has 2 aromatic rings. The topological polar surface area (TPSA) is 89.0 Å². The SMILES string of the molecule is CCC(C)(C)COC(=O)N1CCc2ncsc2[C@H]1c1cc(Cl)ccc1OCC(=O)O. The molecule has 1 aliphatic rings. The molecule has 1 N–H and O–H groups in total. The van der Waals surface area contributed by atoms with Gasteiger partial charge in [-0.1, -0.05) is 32.4 Å². The summed E-state index contributed by atoms with van der Waals surface area (Å²) in [6.07, 6.45) is 1.07. The van der Waals surface area contributed by atoms with Gasteiger partial charge in [0, 0.05) is 23.6 Å². The van der Waals surface area contributed by atoms with Crippen LogP contribution in [0.5, 0.6) is 5.75 Å². The molecule has 1 aliphatic heterocycles. The number of thiazole rings is 1. The number of carbonyl (C=O) groups excluding carboxylic acids is 1. The molecule has 162 valence electrons. The van der Waals surface area contributed by atoms with Crippen molar-refractivity contribution in [2.45, 2.75) is 39.7 Å². The van der Waals surface area contributed by atoms with Crippen molar-refractivity contribution in [2.24, 2.45) is 5.41 Å². The standard InChI is InChI=1S/C21H25ClN2O5S/c1-4-21(2,3)11-29-20(27)24-8-7-15-19(30-12-23-15)18(24)14-9-13(22)5-6-16(14)28-10-17(25)26/h5-6,9,12,18H,4,7-8,10-11H2,1-3H3,(H,25,26)/t18-/m1/s1. The Hall–Kier alpha value is -2.32. The van der Waals surface area contributed by atoms with E-state index in [1.54, 1.807) is 28.6 Å². The monoisotopic (exact) mass is 452 g/mol.